The summed E-state index contributed by atoms with van der Waals surface area (Å²) >= 11 is 1.75. The summed E-state index contributed by atoms with van der Waals surface area (Å²) in [7, 11) is 0. The molecular weight excluding hydrogens is 110 g/mol. The van der Waals surface area contributed by atoms with Crippen molar-refractivity contribution in [2.75, 3.05) is 18.8 Å². The number of hydrogen-bond acceptors (Lipinski definition) is 2. The molecule has 1 unspecified atom stereocenters. The van der Waals surface area contributed by atoms with E-state index in [9.17, 15) is 5.21 Å². The van der Waals surface area contributed by atoms with Crippen molar-refractivity contribution in [3.63, 3.8) is 0 Å². The summed E-state index contributed by atoms with van der Waals surface area (Å²) in [5, 5.41) is 10.8. The Morgan fingerprint density at radius 3 is 2.86 bits per heavy atom. The fraction of sp³-hybridized carbons (Fsp3) is 0.750. The Bertz CT molecular complexity index is 53.7. The Balaban J connectivity index is 2.12. The first-order chi connectivity index (χ1) is 3.39. The van der Waals surface area contributed by atoms with Crippen LogP contribution in [0.2, 0.25) is 0 Å². The van der Waals surface area contributed by atoms with E-state index in [-0.39, 0.29) is 0 Å². The highest BCUT2D eigenvalue weighted by Crippen LogP contribution is 2.02. The second-order valence-electron chi connectivity index (χ2n) is 1.53. The monoisotopic (exact) mass is 118 g/mol. The van der Waals surface area contributed by atoms with Gasteiger partial charge in [-0.1, -0.05) is 0 Å². The minimum Gasteiger partial charge on any atom is -0.634 e. The van der Waals surface area contributed by atoms with Gasteiger partial charge in [0.2, 0.25) is 0 Å². The Labute approximate surface area is 47.5 Å². The molecule has 1 aliphatic rings. The lowest BCUT2D eigenvalue weighted by molar-refractivity contribution is -0.840. The molecule has 1 saturated heterocycles. The van der Waals surface area contributed by atoms with E-state index in [1.54, 1.807) is 11.8 Å². The van der Waals surface area contributed by atoms with Crippen LogP contribution in [-0.2, 0) is 0 Å². The maximum absolute atomic E-state index is 10.4. The zero-order valence-corrected chi connectivity index (χ0v) is 4.83. The van der Waals surface area contributed by atoms with Gasteiger partial charge < -0.3 is 10.3 Å². The molecule has 0 saturated carbocycles. The maximum atomic E-state index is 10.4. The third-order valence-corrected chi connectivity index (χ3v) is 1.77. The molecule has 1 aliphatic heterocycles. The van der Waals surface area contributed by atoms with Gasteiger partial charge in [-0.15, -0.1) is 11.8 Å². The molecule has 2 nitrogen and oxygen atoms in total. The van der Waals surface area contributed by atoms with Crippen molar-refractivity contribution in [1.29, 1.82) is 0 Å². The van der Waals surface area contributed by atoms with Crippen LogP contribution in [0.1, 0.15) is 0 Å². The number of quaternary nitrogens is 1. The second-order valence-corrected chi connectivity index (χ2v) is 2.61. The van der Waals surface area contributed by atoms with Crippen LogP contribution in [0.25, 0.3) is 0 Å². The average molecular weight is 118 g/mol. The minimum atomic E-state index is 0.388. The fourth-order valence-corrected chi connectivity index (χ4v) is 1.33. The van der Waals surface area contributed by atoms with Gasteiger partial charge in [-0.05, 0) is 0 Å². The van der Waals surface area contributed by atoms with E-state index >= 15 is 0 Å². The first-order valence-corrected chi connectivity index (χ1v) is 3.39. The number of hydroxylamine groups is 2. The maximum Gasteiger partial charge on any atom is 0.0902 e. The summed E-state index contributed by atoms with van der Waals surface area (Å²) in [5.74, 6) is 2.98. The molecule has 3 heteroatoms. The molecule has 1 radical (unpaired) electrons. The standard InChI is InChI=1S/C4H8NOS/c6-5-1-3-7-4-2-5/h3,5H,1-2,4H2. The Hall–Kier alpha value is 0.270. The first-order valence-electron chi connectivity index (χ1n) is 2.34. The lowest BCUT2D eigenvalue weighted by Gasteiger charge is -2.25. The highest BCUT2D eigenvalue weighted by molar-refractivity contribution is 8.01. The molecule has 1 heterocycles. The van der Waals surface area contributed by atoms with Crippen molar-refractivity contribution in [3.8, 4) is 0 Å². The summed E-state index contributed by atoms with van der Waals surface area (Å²) in [5.41, 5.74) is 0. The van der Waals surface area contributed by atoms with Crippen LogP contribution in [0, 0.1) is 11.0 Å². The van der Waals surface area contributed by atoms with E-state index in [0.717, 1.165) is 12.3 Å². The molecule has 41 valence electrons. The molecule has 0 spiro atoms. The molecular formula is C4H8NOS. The van der Waals surface area contributed by atoms with E-state index in [0.29, 0.717) is 11.6 Å². The van der Waals surface area contributed by atoms with Gasteiger partial charge in [0.1, 0.15) is 0 Å². The quantitative estimate of drug-likeness (QED) is 0.425. The second kappa shape index (κ2) is 2.55. The number of nitrogens with one attached hydrogen (secondary N) is 1. The predicted molar refractivity (Wildman–Crippen MR) is 30.8 cm³/mol. The largest absolute Gasteiger partial charge is 0.634 e. The topological polar surface area (TPSA) is 27.5 Å². The van der Waals surface area contributed by atoms with Gasteiger partial charge in [-0.25, -0.2) is 0 Å². The minimum absolute atomic E-state index is 0.388. The van der Waals surface area contributed by atoms with E-state index in [1.165, 1.54) is 0 Å². The molecule has 0 bridgehead atoms. The van der Waals surface area contributed by atoms with E-state index < -0.39 is 0 Å². The highest BCUT2D eigenvalue weighted by atomic mass is 32.2. The molecule has 1 N–H and O–H groups in total. The van der Waals surface area contributed by atoms with Crippen LogP contribution >= 0.6 is 11.8 Å². The zero-order valence-electron chi connectivity index (χ0n) is 4.02. The molecule has 0 aliphatic carbocycles. The van der Waals surface area contributed by atoms with Crippen molar-refractivity contribution in [2.24, 2.45) is 0 Å². The predicted octanol–water partition coefficient (Wildman–Crippen LogP) is -0.722. The lowest BCUT2D eigenvalue weighted by atomic mass is 10.6. The van der Waals surface area contributed by atoms with Crippen molar-refractivity contribution >= 4 is 11.8 Å². The van der Waals surface area contributed by atoms with Crippen LogP contribution in [0.15, 0.2) is 0 Å². The van der Waals surface area contributed by atoms with Gasteiger partial charge in [-0.3, -0.25) is 0 Å². The van der Waals surface area contributed by atoms with Gasteiger partial charge >= 0.3 is 0 Å². The SMILES string of the molecule is [O-][NH+]1C[CH]SCC1. The molecule has 1 rings (SSSR count). The van der Waals surface area contributed by atoms with E-state index in [2.05, 4.69) is 0 Å². The van der Waals surface area contributed by atoms with Crippen LogP contribution in [0.5, 0.6) is 0 Å². The van der Waals surface area contributed by atoms with Crippen LogP contribution < -0.4 is 5.06 Å². The summed E-state index contributed by atoms with van der Waals surface area (Å²) in [4.78, 5) is 0. The lowest BCUT2D eigenvalue weighted by Crippen LogP contribution is -3.08. The normalized spacial score (nSPS) is 25.3. The van der Waals surface area contributed by atoms with Crippen molar-refractivity contribution in [1.82, 2.24) is 0 Å². The molecule has 0 aromatic heterocycles. The number of hydrogen-bond donors (Lipinski definition) is 1. The van der Waals surface area contributed by atoms with E-state index in [1.807, 2.05) is 5.75 Å². The van der Waals surface area contributed by atoms with Crippen LogP contribution in [0.4, 0.5) is 0 Å². The van der Waals surface area contributed by atoms with Crippen molar-refractivity contribution in [3.05, 3.63) is 11.0 Å². The smallest absolute Gasteiger partial charge is 0.0902 e. The average Bonchev–Trinajstić information content (AvgIpc) is 1.69. The third-order valence-electron chi connectivity index (χ3n) is 0.928. The van der Waals surface area contributed by atoms with Crippen LogP contribution in [-0.4, -0.2) is 18.8 Å². The highest BCUT2D eigenvalue weighted by Gasteiger charge is 2.03. The molecule has 1 fully saturated rings. The van der Waals surface area contributed by atoms with Gasteiger partial charge in [0.05, 0.1) is 18.8 Å². The third kappa shape index (κ3) is 1.67. The van der Waals surface area contributed by atoms with E-state index in [4.69, 9.17) is 0 Å². The Kier molecular flexibility index (Phi) is 1.97. The first kappa shape index (κ1) is 5.41. The van der Waals surface area contributed by atoms with Gasteiger partial charge in [0.25, 0.3) is 0 Å². The summed E-state index contributed by atoms with van der Waals surface area (Å²) in [6, 6.07) is 0. The van der Waals surface area contributed by atoms with Crippen LogP contribution in [0.3, 0.4) is 0 Å². The Morgan fingerprint density at radius 2 is 2.57 bits per heavy atom. The summed E-state index contributed by atoms with van der Waals surface area (Å²) < 4.78 is 0. The van der Waals surface area contributed by atoms with Gasteiger partial charge in [0.15, 0.2) is 0 Å². The number of thioether (sulfide) groups is 1. The summed E-state index contributed by atoms with van der Waals surface area (Å²) in [6.07, 6.45) is 0. The van der Waals surface area contributed by atoms with Gasteiger partial charge in [0, 0.05) is 5.75 Å². The zero-order chi connectivity index (χ0) is 5.11. The number of rotatable bonds is 0. The fourth-order valence-electron chi connectivity index (χ4n) is 0.510. The molecule has 7 heavy (non-hydrogen) atoms. The molecule has 0 amide bonds. The Morgan fingerprint density at radius 1 is 1.71 bits per heavy atom. The van der Waals surface area contributed by atoms with Gasteiger partial charge in [-0.2, -0.15) is 0 Å². The molecule has 0 aromatic rings. The molecule has 1 atom stereocenters. The summed E-state index contributed by atoms with van der Waals surface area (Å²) in [6.45, 7) is 1.46. The van der Waals surface area contributed by atoms with Crippen molar-refractivity contribution in [2.45, 2.75) is 0 Å². The molecule has 0 aromatic carbocycles. The van der Waals surface area contributed by atoms with Crippen molar-refractivity contribution < 1.29 is 5.06 Å².